The van der Waals surface area contributed by atoms with Crippen molar-refractivity contribution in [3.63, 3.8) is 0 Å². The maximum Gasteiger partial charge on any atom is 0.408 e. The van der Waals surface area contributed by atoms with E-state index in [1.807, 2.05) is 42.5 Å². The minimum atomic E-state index is -3.75. The molecule has 0 aromatic heterocycles. The van der Waals surface area contributed by atoms with Gasteiger partial charge in [-0.15, -0.1) is 0 Å². The summed E-state index contributed by atoms with van der Waals surface area (Å²) in [5.41, 5.74) is -2.55. The summed E-state index contributed by atoms with van der Waals surface area (Å²) >= 11 is 0. The highest BCUT2D eigenvalue weighted by atomic mass is 32.2. The summed E-state index contributed by atoms with van der Waals surface area (Å²) in [7, 11) is -3.75. The van der Waals surface area contributed by atoms with E-state index in [1.165, 1.54) is 0 Å². The number of rotatable bonds is 5. The first-order valence-electron chi connectivity index (χ1n) is 15.8. The number of nitrogens with one attached hydrogen (secondary N) is 3. The van der Waals surface area contributed by atoms with E-state index >= 15 is 0 Å². The van der Waals surface area contributed by atoms with Crippen molar-refractivity contribution in [2.45, 2.75) is 113 Å². The number of aliphatic hydroxyl groups is 1. The molecular formula is C32H46N4O7S. The number of sulfonamides is 1. The van der Waals surface area contributed by atoms with Gasteiger partial charge in [0.05, 0.1) is 11.8 Å². The van der Waals surface area contributed by atoms with Crippen LogP contribution in [0.25, 0.3) is 0 Å². The molecule has 1 aromatic carbocycles. The molecule has 5 atom stereocenters. The molecule has 44 heavy (non-hydrogen) atoms. The maximum absolute atomic E-state index is 14.2. The van der Waals surface area contributed by atoms with Crippen LogP contribution in [-0.2, 0) is 30.0 Å². The van der Waals surface area contributed by atoms with E-state index in [2.05, 4.69) is 15.4 Å². The van der Waals surface area contributed by atoms with E-state index in [0.717, 1.165) is 19.3 Å². The second-order valence-corrected chi connectivity index (χ2v) is 15.8. The summed E-state index contributed by atoms with van der Waals surface area (Å²) in [5, 5.41) is 17.5. The van der Waals surface area contributed by atoms with Crippen molar-refractivity contribution >= 4 is 27.9 Å². The van der Waals surface area contributed by atoms with E-state index < -0.39 is 56.1 Å². The van der Waals surface area contributed by atoms with Gasteiger partial charge in [0.25, 0.3) is 5.91 Å². The zero-order chi connectivity index (χ0) is 31.8. The molecule has 11 nitrogen and oxygen atoms in total. The van der Waals surface area contributed by atoms with Crippen LogP contribution in [0.1, 0.15) is 84.1 Å². The third-order valence-electron chi connectivity index (χ3n) is 9.03. The summed E-state index contributed by atoms with van der Waals surface area (Å²) in [5.74, 6) is -1.10. The average molecular weight is 631 g/mol. The number of nitrogens with zero attached hydrogens (tertiary/aromatic N) is 1. The molecule has 2 aliphatic heterocycles. The lowest BCUT2D eigenvalue weighted by molar-refractivity contribution is -0.135. The second-order valence-electron chi connectivity index (χ2n) is 13.8. The first kappa shape index (κ1) is 32.4. The van der Waals surface area contributed by atoms with Gasteiger partial charge < -0.3 is 25.4 Å². The number of allylic oxidation sites excluding steroid dienone is 1. The quantitative estimate of drug-likeness (QED) is 0.362. The molecule has 12 heteroatoms. The fourth-order valence-electron chi connectivity index (χ4n) is 6.38. The van der Waals surface area contributed by atoms with Crippen LogP contribution in [0.15, 0.2) is 42.5 Å². The molecule has 2 saturated carbocycles. The standard InChI is InChI=1S/C32H46N4O7S/c1-30(2,3)43-29(39)34-26-15-11-6-4-5-8-14-23-18-32(23,28(38)35-44(41,42)25-16-17-25)33-20-24-19-31(40,21-36(24)27(26)37)22-12-9-7-10-13-22/h7-10,12-14,23-26,33,40H,4-6,11,15-21H2,1-3H3,(H,34,39)(H,35,38)/t23-,24+,26+,31+,32-/m1/s1. The predicted molar refractivity (Wildman–Crippen MR) is 165 cm³/mol. The maximum atomic E-state index is 14.2. The van der Waals surface area contributed by atoms with E-state index in [0.29, 0.717) is 37.7 Å². The third-order valence-corrected chi connectivity index (χ3v) is 10.9. The first-order chi connectivity index (χ1) is 20.7. The van der Waals surface area contributed by atoms with Crippen molar-refractivity contribution in [2.24, 2.45) is 5.92 Å². The van der Waals surface area contributed by atoms with E-state index in [4.69, 9.17) is 4.74 Å². The second kappa shape index (κ2) is 12.4. The molecule has 4 N–H and O–H groups in total. The number of alkyl carbamates (subject to hydrolysis) is 1. The summed E-state index contributed by atoms with van der Waals surface area (Å²) < 4.78 is 33.1. The third kappa shape index (κ3) is 7.46. The van der Waals surface area contributed by atoms with Gasteiger partial charge in [-0.25, -0.2) is 13.2 Å². The Balaban J connectivity index is 1.43. The molecule has 0 unspecified atom stereocenters. The van der Waals surface area contributed by atoms with E-state index in [-0.39, 0.29) is 31.3 Å². The summed E-state index contributed by atoms with van der Waals surface area (Å²) in [6, 6.07) is 7.76. The fourth-order valence-corrected chi connectivity index (χ4v) is 7.74. The lowest BCUT2D eigenvalue weighted by atomic mass is 9.91. The van der Waals surface area contributed by atoms with Gasteiger partial charge >= 0.3 is 6.09 Å². The highest BCUT2D eigenvalue weighted by Crippen LogP contribution is 2.46. The molecule has 1 aromatic rings. The summed E-state index contributed by atoms with van der Waals surface area (Å²) in [4.78, 5) is 42.1. The number of hydrogen-bond donors (Lipinski definition) is 4. The Morgan fingerprint density at radius 1 is 1.07 bits per heavy atom. The predicted octanol–water partition coefficient (Wildman–Crippen LogP) is 2.85. The van der Waals surface area contributed by atoms with E-state index in [9.17, 15) is 27.9 Å². The molecule has 3 amide bonds. The normalized spacial score (nSPS) is 31.6. The highest BCUT2D eigenvalue weighted by Gasteiger charge is 2.60. The van der Waals surface area contributed by atoms with Crippen molar-refractivity contribution in [2.75, 3.05) is 13.1 Å². The SMILES string of the molecule is CC(C)(C)OC(=O)N[C@H]1CCCCCC=C[C@@H]2C[C@@]2(C(=O)NS(=O)(=O)C2CC2)NC[C@@H]2C[C@@](O)(c3ccccc3)CN2C1=O. The monoisotopic (exact) mass is 630 g/mol. The molecule has 242 valence electrons. The Labute approximate surface area is 260 Å². The zero-order valence-corrected chi connectivity index (χ0v) is 26.7. The number of carbonyl (C=O) groups is 3. The molecule has 2 heterocycles. The van der Waals surface area contributed by atoms with Crippen LogP contribution in [0.2, 0.25) is 0 Å². The van der Waals surface area contributed by atoms with E-state index in [1.54, 1.807) is 25.7 Å². The van der Waals surface area contributed by atoms with Crippen LogP contribution >= 0.6 is 0 Å². The molecule has 4 aliphatic rings. The molecule has 2 aliphatic carbocycles. The van der Waals surface area contributed by atoms with Crippen LogP contribution < -0.4 is 15.4 Å². The van der Waals surface area contributed by atoms with Crippen LogP contribution in [0.5, 0.6) is 0 Å². The number of benzene rings is 1. The van der Waals surface area contributed by atoms with Gasteiger partial charge in [0, 0.05) is 24.9 Å². The number of amides is 3. The van der Waals surface area contributed by atoms with Gasteiger partial charge in [-0.1, -0.05) is 55.3 Å². The highest BCUT2D eigenvalue weighted by molar-refractivity contribution is 7.91. The van der Waals surface area contributed by atoms with Gasteiger partial charge in [0.1, 0.15) is 22.8 Å². The topological polar surface area (TPSA) is 154 Å². The van der Waals surface area contributed by atoms with Crippen LogP contribution in [0.3, 0.4) is 0 Å². The Bertz CT molecular complexity index is 1370. The summed E-state index contributed by atoms with van der Waals surface area (Å²) in [6.07, 6.45) is 8.65. The zero-order valence-electron chi connectivity index (χ0n) is 25.9. The van der Waals surface area contributed by atoms with Crippen molar-refractivity contribution in [1.29, 1.82) is 0 Å². The van der Waals surface area contributed by atoms with Gasteiger partial charge in [0.15, 0.2) is 0 Å². The lowest BCUT2D eigenvalue weighted by Gasteiger charge is -2.31. The van der Waals surface area contributed by atoms with Gasteiger partial charge in [-0.2, -0.15) is 0 Å². The molecule has 5 rings (SSSR count). The average Bonchev–Trinajstić information content (AvgIpc) is 3.87. The largest absolute Gasteiger partial charge is 0.444 e. The molecule has 0 bridgehead atoms. The Morgan fingerprint density at radius 2 is 1.80 bits per heavy atom. The van der Waals surface area contributed by atoms with Gasteiger partial charge in [0.2, 0.25) is 15.9 Å². The number of hydrogen-bond acceptors (Lipinski definition) is 8. The summed E-state index contributed by atoms with van der Waals surface area (Å²) in [6.45, 7) is 5.43. The molecule has 1 saturated heterocycles. The number of carbonyl (C=O) groups excluding carboxylic acids is 3. The van der Waals surface area contributed by atoms with Crippen LogP contribution in [0.4, 0.5) is 4.79 Å². The minimum Gasteiger partial charge on any atom is -0.444 e. The van der Waals surface area contributed by atoms with Gasteiger partial charge in [-0.3, -0.25) is 14.3 Å². The van der Waals surface area contributed by atoms with Crippen molar-refractivity contribution in [1.82, 2.24) is 20.3 Å². The molecular weight excluding hydrogens is 584 g/mol. The lowest BCUT2D eigenvalue weighted by Crippen LogP contribution is -2.56. The molecule has 0 radical (unpaired) electrons. The first-order valence-corrected chi connectivity index (χ1v) is 17.3. The van der Waals surface area contributed by atoms with Crippen molar-refractivity contribution in [3.8, 4) is 0 Å². The number of ether oxygens (including phenoxy) is 1. The van der Waals surface area contributed by atoms with Crippen LogP contribution in [-0.4, -0.2) is 77.9 Å². The Kier molecular flexibility index (Phi) is 9.17. The molecule has 3 fully saturated rings. The van der Waals surface area contributed by atoms with Crippen molar-refractivity contribution < 1.29 is 32.6 Å². The van der Waals surface area contributed by atoms with Crippen LogP contribution in [0, 0.1) is 5.92 Å². The number of fused-ring (bicyclic) bond motifs is 2. The fraction of sp³-hybridized carbons (Fsp3) is 0.656. The minimum absolute atomic E-state index is 0.00722. The van der Waals surface area contributed by atoms with Crippen molar-refractivity contribution in [3.05, 3.63) is 48.0 Å². The molecule has 0 spiro atoms. The Morgan fingerprint density at radius 3 is 2.48 bits per heavy atom. The smallest absolute Gasteiger partial charge is 0.408 e. The van der Waals surface area contributed by atoms with Gasteiger partial charge in [-0.05, 0) is 64.9 Å². The Hall–Kier alpha value is -2.96.